The lowest BCUT2D eigenvalue weighted by molar-refractivity contribution is 0.433. The van der Waals surface area contributed by atoms with Crippen molar-refractivity contribution in [2.75, 3.05) is 0 Å². The molecule has 0 fully saturated rings. The lowest BCUT2D eigenvalue weighted by Gasteiger charge is -2.34. The number of hydrogen-bond acceptors (Lipinski definition) is 2. The van der Waals surface area contributed by atoms with Gasteiger partial charge in [-0.3, -0.25) is 0 Å². The highest BCUT2D eigenvalue weighted by Crippen LogP contribution is 2.43. The monoisotopic (exact) mass is 346 g/mol. The van der Waals surface area contributed by atoms with Crippen LogP contribution in [0.5, 0.6) is 11.5 Å². The topological polar surface area (TPSA) is 40.5 Å². The van der Waals surface area contributed by atoms with Gasteiger partial charge >= 0.3 is 0 Å². The third-order valence-corrected chi connectivity index (χ3v) is 5.21. The van der Waals surface area contributed by atoms with E-state index < -0.39 is 5.41 Å². The summed E-state index contributed by atoms with van der Waals surface area (Å²) in [6.45, 7) is 6.52. The number of rotatable bonds is 5. The highest BCUT2D eigenvalue weighted by Gasteiger charge is 2.34. The summed E-state index contributed by atoms with van der Waals surface area (Å²) in [5.74, 6) is 0.931. The van der Waals surface area contributed by atoms with Gasteiger partial charge in [-0.2, -0.15) is 0 Å². The Labute approximate surface area is 155 Å². The average Bonchev–Trinajstić information content (AvgIpc) is 2.64. The van der Waals surface area contributed by atoms with Gasteiger partial charge in [0.2, 0.25) is 0 Å². The van der Waals surface area contributed by atoms with E-state index >= 15 is 0 Å². The Morgan fingerprint density at radius 3 is 1.88 bits per heavy atom. The summed E-state index contributed by atoms with van der Waals surface area (Å²) < 4.78 is 0. The molecule has 26 heavy (non-hydrogen) atoms. The van der Waals surface area contributed by atoms with Crippen molar-refractivity contribution in [1.82, 2.24) is 0 Å². The number of hydrogen-bond donors (Lipinski definition) is 2. The minimum Gasteiger partial charge on any atom is -0.508 e. The van der Waals surface area contributed by atoms with Crippen molar-refractivity contribution in [2.24, 2.45) is 0 Å². The van der Waals surface area contributed by atoms with Crippen LogP contribution < -0.4 is 0 Å². The SMILES string of the molecule is CC(C)c1ccccc1C(C)(Cc1ccccc1O)c1ccccc1O. The van der Waals surface area contributed by atoms with E-state index in [1.54, 1.807) is 12.1 Å². The summed E-state index contributed by atoms with van der Waals surface area (Å²) in [7, 11) is 0. The van der Waals surface area contributed by atoms with E-state index in [1.165, 1.54) is 11.1 Å². The first-order valence-corrected chi connectivity index (χ1v) is 9.08. The van der Waals surface area contributed by atoms with E-state index in [-0.39, 0.29) is 11.5 Å². The molecule has 0 heterocycles. The summed E-state index contributed by atoms with van der Waals surface area (Å²) in [6.07, 6.45) is 0.598. The first-order chi connectivity index (χ1) is 12.4. The van der Waals surface area contributed by atoms with E-state index in [2.05, 4.69) is 39.0 Å². The van der Waals surface area contributed by atoms with Crippen LogP contribution >= 0.6 is 0 Å². The molecule has 0 aliphatic heterocycles. The van der Waals surface area contributed by atoms with Gasteiger partial charge in [-0.1, -0.05) is 81.4 Å². The van der Waals surface area contributed by atoms with Crippen LogP contribution in [0.15, 0.2) is 72.8 Å². The van der Waals surface area contributed by atoms with Crippen molar-refractivity contribution in [3.63, 3.8) is 0 Å². The van der Waals surface area contributed by atoms with E-state index in [0.29, 0.717) is 12.3 Å². The van der Waals surface area contributed by atoms with Crippen molar-refractivity contribution in [1.29, 1.82) is 0 Å². The van der Waals surface area contributed by atoms with Gasteiger partial charge < -0.3 is 10.2 Å². The third-order valence-electron chi connectivity index (χ3n) is 5.21. The second-order valence-corrected chi connectivity index (χ2v) is 7.40. The molecule has 1 atom stereocenters. The molecule has 2 nitrogen and oxygen atoms in total. The number of aromatic hydroxyl groups is 2. The van der Waals surface area contributed by atoms with Crippen molar-refractivity contribution in [3.8, 4) is 11.5 Å². The van der Waals surface area contributed by atoms with Crippen LogP contribution in [-0.4, -0.2) is 10.2 Å². The molecule has 2 N–H and O–H groups in total. The van der Waals surface area contributed by atoms with E-state index in [9.17, 15) is 10.2 Å². The molecule has 3 aromatic carbocycles. The Hall–Kier alpha value is -2.74. The van der Waals surface area contributed by atoms with Crippen LogP contribution in [0.2, 0.25) is 0 Å². The molecule has 3 aromatic rings. The maximum atomic E-state index is 10.6. The Kier molecular flexibility index (Phi) is 5.03. The summed E-state index contributed by atoms with van der Waals surface area (Å²) in [6, 6.07) is 23.3. The maximum Gasteiger partial charge on any atom is 0.119 e. The first kappa shape index (κ1) is 18.1. The molecule has 0 aliphatic carbocycles. The lowest BCUT2D eigenvalue weighted by atomic mass is 9.69. The summed E-state index contributed by atoms with van der Waals surface area (Å²) in [4.78, 5) is 0. The standard InChI is InChI=1S/C24H26O2/c1-17(2)19-11-5-6-12-20(19)24(3,21-13-7-9-15-23(21)26)16-18-10-4-8-14-22(18)25/h4-15,17,25-26H,16H2,1-3H3. The third kappa shape index (κ3) is 3.32. The number of phenols is 2. The number of para-hydroxylation sites is 2. The normalized spacial score (nSPS) is 13.5. The van der Waals surface area contributed by atoms with Crippen LogP contribution in [0.25, 0.3) is 0 Å². The van der Waals surface area contributed by atoms with Gasteiger partial charge in [0.15, 0.2) is 0 Å². The van der Waals surface area contributed by atoms with Crippen molar-refractivity contribution in [2.45, 2.75) is 38.5 Å². The minimum atomic E-state index is -0.467. The molecule has 0 saturated heterocycles. The Bertz CT molecular complexity index is 898. The zero-order valence-electron chi connectivity index (χ0n) is 15.6. The number of phenolic OH excluding ortho intramolecular Hbond substituents is 2. The largest absolute Gasteiger partial charge is 0.508 e. The van der Waals surface area contributed by atoms with Crippen molar-refractivity contribution >= 4 is 0 Å². The fourth-order valence-corrected chi connectivity index (χ4v) is 3.82. The molecule has 0 amide bonds. The Balaban J connectivity index is 2.24. The van der Waals surface area contributed by atoms with Gasteiger partial charge in [0, 0.05) is 11.0 Å². The van der Waals surface area contributed by atoms with Gasteiger partial charge in [-0.25, -0.2) is 0 Å². The van der Waals surface area contributed by atoms with Gasteiger partial charge in [-0.05, 0) is 41.2 Å². The molecule has 2 heteroatoms. The maximum absolute atomic E-state index is 10.6. The van der Waals surface area contributed by atoms with Gasteiger partial charge in [0.25, 0.3) is 0 Å². The smallest absolute Gasteiger partial charge is 0.119 e. The molecule has 0 aliphatic rings. The van der Waals surface area contributed by atoms with Crippen LogP contribution in [0.4, 0.5) is 0 Å². The predicted molar refractivity (Wildman–Crippen MR) is 107 cm³/mol. The van der Waals surface area contributed by atoms with Gasteiger partial charge in [-0.15, -0.1) is 0 Å². The second kappa shape index (κ2) is 7.25. The van der Waals surface area contributed by atoms with E-state index in [4.69, 9.17) is 0 Å². The quantitative estimate of drug-likeness (QED) is 0.616. The summed E-state index contributed by atoms with van der Waals surface area (Å²) >= 11 is 0. The zero-order valence-corrected chi connectivity index (χ0v) is 15.6. The molecule has 0 bridgehead atoms. The summed E-state index contributed by atoms with van der Waals surface area (Å²) in [5, 5.41) is 21.0. The molecule has 1 unspecified atom stereocenters. The van der Waals surface area contributed by atoms with E-state index in [1.807, 2.05) is 42.5 Å². The van der Waals surface area contributed by atoms with Crippen molar-refractivity contribution < 1.29 is 10.2 Å². The van der Waals surface area contributed by atoms with E-state index in [0.717, 1.165) is 11.1 Å². The van der Waals surface area contributed by atoms with Crippen LogP contribution in [0, 0.1) is 0 Å². The summed E-state index contributed by atoms with van der Waals surface area (Å²) in [5.41, 5.74) is 3.71. The highest BCUT2D eigenvalue weighted by atomic mass is 16.3. The van der Waals surface area contributed by atoms with Crippen LogP contribution in [0.1, 0.15) is 48.9 Å². The molecule has 134 valence electrons. The predicted octanol–water partition coefficient (Wildman–Crippen LogP) is 5.77. The molecule has 0 aromatic heterocycles. The minimum absolute atomic E-state index is 0.281. The molecule has 3 rings (SSSR count). The first-order valence-electron chi connectivity index (χ1n) is 9.08. The highest BCUT2D eigenvalue weighted by molar-refractivity contribution is 5.51. The fourth-order valence-electron chi connectivity index (χ4n) is 3.82. The lowest BCUT2D eigenvalue weighted by Crippen LogP contribution is -2.28. The molecule has 0 spiro atoms. The molecular formula is C24H26O2. The molecule has 0 saturated carbocycles. The van der Waals surface area contributed by atoms with Gasteiger partial charge in [0.05, 0.1) is 0 Å². The fraction of sp³-hybridized carbons (Fsp3) is 0.250. The Morgan fingerprint density at radius 2 is 1.27 bits per heavy atom. The van der Waals surface area contributed by atoms with Crippen molar-refractivity contribution in [3.05, 3.63) is 95.1 Å². The van der Waals surface area contributed by atoms with Crippen LogP contribution in [0.3, 0.4) is 0 Å². The zero-order chi connectivity index (χ0) is 18.7. The Morgan fingerprint density at radius 1 is 0.731 bits per heavy atom. The van der Waals surface area contributed by atoms with Gasteiger partial charge in [0.1, 0.15) is 11.5 Å². The molecular weight excluding hydrogens is 320 g/mol. The number of benzene rings is 3. The molecule has 0 radical (unpaired) electrons. The van der Waals surface area contributed by atoms with Crippen LogP contribution in [-0.2, 0) is 11.8 Å². The second-order valence-electron chi connectivity index (χ2n) is 7.40. The average molecular weight is 346 g/mol.